The number of hydrogen-bond acceptors (Lipinski definition) is 4. The summed E-state index contributed by atoms with van der Waals surface area (Å²) in [4.78, 5) is 14.3. The number of aryl methyl sites for hydroxylation is 2. The number of benzene rings is 1. The van der Waals surface area contributed by atoms with Gasteiger partial charge in [0.1, 0.15) is 0 Å². The van der Waals surface area contributed by atoms with Gasteiger partial charge in [0.05, 0.1) is 25.9 Å². The van der Waals surface area contributed by atoms with E-state index >= 15 is 0 Å². The molecule has 5 nitrogen and oxygen atoms in total. The lowest BCUT2D eigenvalue weighted by atomic mass is 10.1. The maximum atomic E-state index is 12.2. The Balaban J connectivity index is 1.96. The van der Waals surface area contributed by atoms with Crippen LogP contribution in [0.4, 0.5) is 5.69 Å². The third-order valence-corrected chi connectivity index (χ3v) is 3.85. The van der Waals surface area contributed by atoms with Crippen LogP contribution in [0.15, 0.2) is 18.2 Å². The van der Waals surface area contributed by atoms with Gasteiger partial charge in [-0.15, -0.1) is 0 Å². The molecule has 1 aromatic carbocycles. The van der Waals surface area contributed by atoms with Gasteiger partial charge in [-0.1, -0.05) is 12.1 Å². The molecule has 1 heterocycles. The van der Waals surface area contributed by atoms with Crippen molar-refractivity contribution in [3.05, 3.63) is 29.3 Å². The van der Waals surface area contributed by atoms with Gasteiger partial charge in [-0.2, -0.15) is 0 Å². The lowest BCUT2D eigenvalue weighted by Crippen LogP contribution is -2.51. The summed E-state index contributed by atoms with van der Waals surface area (Å²) >= 11 is 0. The van der Waals surface area contributed by atoms with Gasteiger partial charge in [-0.25, -0.2) is 0 Å². The fourth-order valence-corrected chi connectivity index (χ4v) is 2.45. The third-order valence-electron chi connectivity index (χ3n) is 3.85. The van der Waals surface area contributed by atoms with Crippen LogP contribution in [0.1, 0.15) is 18.1 Å². The van der Waals surface area contributed by atoms with E-state index in [1.54, 1.807) is 0 Å². The molecule has 21 heavy (non-hydrogen) atoms. The molecule has 1 aromatic rings. The SMILES string of the molecule is Cc1ccc(C)c(NC(=O)CN2CC(CO)OCC2C)c1. The van der Waals surface area contributed by atoms with Crippen molar-refractivity contribution in [3.63, 3.8) is 0 Å². The first-order valence-corrected chi connectivity index (χ1v) is 7.33. The quantitative estimate of drug-likeness (QED) is 0.879. The van der Waals surface area contributed by atoms with Crippen LogP contribution in [0.5, 0.6) is 0 Å². The first kappa shape index (κ1) is 15.9. The number of amides is 1. The molecule has 1 fully saturated rings. The van der Waals surface area contributed by atoms with E-state index in [0.29, 0.717) is 19.7 Å². The Labute approximate surface area is 125 Å². The van der Waals surface area contributed by atoms with Gasteiger partial charge >= 0.3 is 0 Å². The molecule has 2 unspecified atom stereocenters. The smallest absolute Gasteiger partial charge is 0.238 e. The molecule has 0 spiro atoms. The van der Waals surface area contributed by atoms with Gasteiger partial charge in [0.25, 0.3) is 0 Å². The van der Waals surface area contributed by atoms with Crippen molar-refractivity contribution in [2.24, 2.45) is 0 Å². The molecule has 1 aliphatic rings. The molecule has 2 N–H and O–H groups in total. The standard InChI is InChI=1S/C16H24N2O3/c1-11-4-5-12(2)15(6-11)17-16(20)8-18-7-14(9-19)21-10-13(18)3/h4-6,13-14,19H,7-10H2,1-3H3,(H,17,20). The van der Waals surface area contributed by atoms with E-state index < -0.39 is 0 Å². The highest BCUT2D eigenvalue weighted by Gasteiger charge is 2.27. The van der Waals surface area contributed by atoms with Crippen molar-refractivity contribution in [3.8, 4) is 0 Å². The number of ether oxygens (including phenoxy) is 1. The number of nitrogens with zero attached hydrogens (tertiary/aromatic N) is 1. The minimum absolute atomic E-state index is 0.0121. The average molecular weight is 292 g/mol. The highest BCUT2D eigenvalue weighted by atomic mass is 16.5. The van der Waals surface area contributed by atoms with E-state index in [1.807, 2.05) is 43.9 Å². The number of rotatable bonds is 4. The predicted octanol–water partition coefficient (Wildman–Crippen LogP) is 1.32. The molecule has 0 aliphatic carbocycles. The van der Waals surface area contributed by atoms with Gasteiger partial charge in [-0.3, -0.25) is 9.69 Å². The lowest BCUT2D eigenvalue weighted by Gasteiger charge is -2.36. The zero-order chi connectivity index (χ0) is 15.4. The Hall–Kier alpha value is -1.43. The largest absolute Gasteiger partial charge is 0.394 e. The maximum absolute atomic E-state index is 12.2. The number of aliphatic hydroxyl groups is 1. The van der Waals surface area contributed by atoms with Crippen molar-refractivity contribution in [1.29, 1.82) is 0 Å². The molecule has 2 atom stereocenters. The second kappa shape index (κ2) is 7.02. The van der Waals surface area contributed by atoms with E-state index in [1.165, 1.54) is 0 Å². The fraction of sp³-hybridized carbons (Fsp3) is 0.562. The normalized spacial score (nSPS) is 23.0. The molecule has 5 heteroatoms. The Morgan fingerprint density at radius 1 is 1.48 bits per heavy atom. The summed E-state index contributed by atoms with van der Waals surface area (Å²) in [5.74, 6) is -0.0332. The Kier molecular flexibility index (Phi) is 5.33. The van der Waals surface area contributed by atoms with Crippen molar-refractivity contribution >= 4 is 11.6 Å². The Bertz CT molecular complexity index is 504. The number of nitrogens with one attached hydrogen (secondary N) is 1. The summed E-state index contributed by atoms with van der Waals surface area (Å²) in [5, 5.41) is 12.1. The van der Waals surface area contributed by atoms with E-state index in [-0.39, 0.29) is 24.7 Å². The second-order valence-electron chi connectivity index (χ2n) is 5.78. The van der Waals surface area contributed by atoms with E-state index in [2.05, 4.69) is 5.32 Å². The summed E-state index contributed by atoms with van der Waals surface area (Å²) in [5.41, 5.74) is 3.04. The average Bonchev–Trinajstić information content (AvgIpc) is 2.45. The molecule has 116 valence electrons. The van der Waals surface area contributed by atoms with Crippen LogP contribution in [0, 0.1) is 13.8 Å². The van der Waals surface area contributed by atoms with E-state index in [0.717, 1.165) is 16.8 Å². The van der Waals surface area contributed by atoms with Crippen LogP contribution >= 0.6 is 0 Å². The first-order chi connectivity index (χ1) is 9.99. The van der Waals surface area contributed by atoms with Gasteiger partial charge in [0.2, 0.25) is 5.91 Å². The number of carbonyl (C=O) groups is 1. The second-order valence-corrected chi connectivity index (χ2v) is 5.78. The monoisotopic (exact) mass is 292 g/mol. The summed E-state index contributed by atoms with van der Waals surface area (Å²) in [7, 11) is 0. The zero-order valence-corrected chi connectivity index (χ0v) is 12.9. The van der Waals surface area contributed by atoms with Gasteiger partial charge in [0, 0.05) is 18.3 Å². The predicted molar refractivity (Wildman–Crippen MR) is 82.4 cm³/mol. The van der Waals surface area contributed by atoms with Crippen molar-refractivity contribution in [2.75, 3.05) is 31.6 Å². The summed E-state index contributed by atoms with van der Waals surface area (Å²) in [6.07, 6.45) is -0.199. The van der Waals surface area contributed by atoms with Gasteiger partial charge in [0.15, 0.2) is 0 Å². The van der Waals surface area contributed by atoms with Crippen LogP contribution in [0.25, 0.3) is 0 Å². The Morgan fingerprint density at radius 2 is 2.24 bits per heavy atom. The molecule has 2 rings (SSSR count). The van der Waals surface area contributed by atoms with Crippen LogP contribution < -0.4 is 5.32 Å². The zero-order valence-electron chi connectivity index (χ0n) is 12.9. The number of morpholine rings is 1. The van der Waals surface area contributed by atoms with Crippen LogP contribution in [0.3, 0.4) is 0 Å². The molecule has 0 saturated carbocycles. The summed E-state index contributed by atoms with van der Waals surface area (Å²) in [6, 6.07) is 6.19. The molecule has 1 saturated heterocycles. The number of carbonyl (C=O) groups excluding carboxylic acids is 1. The highest BCUT2D eigenvalue weighted by molar-refractivity contribution is 5.93. The molecule has 0 aromatic heterocycles. The van der Waals surface area contributed by atoms with Crippen molar-refractivity contribution < 1.29 is 14.6 Å². The van der Waals surface area contributed by atoms with Crippen molar-refractivity contribution in [1.82, 2.24) is 4.90 Å². The fourth-order valence-electron chi connectivity index (χ4n) is 2.45. The summed E-state index contributed by atoms with van der Waals surface area (Å²) < 4.78 is 5.48. The lowest BCUT2D eigenvalue weighted by molar-refractivity contribution is -0.122. The molecular weight excluding hydrogens is 268 g/mol. The van der Waals surface area contributed by atoms with Gasteiger partial charge in [-0.05, 0) is 38.0 Å². The van der Waals surface area contributed by atoms with Crippen molar-refractivity contribution in [2.45, 2.75) is 32.9 Å². The number of aliphatic hydroxyl groups excluding tert-OH is 1. The van der Waals surface area contributed by atoms with Crippen LogP contribution in [0.2, 0.25) is 0 Å². The first-order valence-electron chi connectivity index (χ1n) is 7.33. The third kappa shape index (κ3) is 4.27. The summed E-state index contributed by atoms with van der Waals surface area (Å²) in [6.45, 7) is 7.44. The van der Waals surface area contributed by atoms with E-state index in [4.69, 9.17) is 4.74 Å². The molecular formula is C16H24N2O3. The molecule has 0 radical (unpaired) electrons. The molecule has 1 aliphatic heterocycles. The molecule has 1 amide bonds. The Morgan fingerprint density at radius 3 is 2.95 bits per heavy atom. The highest BCUT2D eigenvalue weighted by Crippen LogP contribution is 2.17. The minimum Gasteiger partial charge on any atom is -0.394 e. The maximum Gasteiger partial charge on any atom is 0.238 e. The van der Waals surface area contributed by atoms with E-state index in [9.17, 15) is 9.90 Å². The number of anilines is 1. The van der Waals surface area contributed by atoms with Crippen LogP contribution in [-0.2, 0) is 9.53 Å². The minimum atomic E-state index is -0.199. The molecule has 0 bridgehead atoms. The van der Waals surface area contributed by atoms with Crippen LogP contribution in [-0.4, -0.2) is 54.4 Å². The number of hydrogen-bond donors (Lipinski definition) is 2. The topological polar surface area (TPSA) is 61.8 Å². The van der Waals surface area contributed by atoms with Gasteiger partial charge < -0.3 is 15.2 Å².